The zero-order chi connectivity index (χ0) is 45.9. The molecule has 0 fully saturated rings. The first-order valence-electron chi connectivity index (χ1n) is 20.1. The lowest BCUT2D eigenvalue weighted by molar-refractivity contribution is -0.157. The Morgan fingerprint density at radius 3 is 1.82 bits per heavy atom. The van der Waals surface area contributed by atoms with Gasteiger partial charge < -0.3 is 45.2 Å². The molecule has 0 bridgehead atoms. The topological polar surface area (TPSA) is 238 Å². The van der Waals surface area contributed by atoms with Gasteiger partial charge in [-0.15, -0.1) is 0 Å². The molecule has 17 nitrogen and oxygen atoms in total. The number of ether oxygens (including phenoxy) is 3. The van der Waals surface area contributed by atoms with Gasteiger partial charge in [0, 0.05) is 36.6 Å². The van der Waals surface area contributed by atoms with Crippen molar-refractivity contribution in [1.29, 1.82) is 0 Å². The molecule has 0 saturated carbocycles. The summed E-state index contributed by atoms with van der Waals surface area (Å²) < 4.78 is 22.3. The molecule has 1 aromatic carbocycles. The molecule has 0 saturated heterocycles. The number of anilines is 1. The number of amides is 5. The van der Waals surface area contributed by atoms with E-state index in [4.69, 9.17) is 18.6 Å². The molecule has 0 aliphatic heterocycles. The van der Waals surface area contributed by atoms with Crippen molar-refractivity contribution in [3.8, 4) is 0 Å². The van der Waals surface area contributed by atoms with Crippen molar-refractivity contribution in [2.45, 2.75) is 170 Å². The van der Waals surface area contributed by atoms with Crippen molar-refractivity contribution in [2.24, 2.45) is 5.92 Å². The zero-order valence-corrected chi connectivity index (χ0v) is 37.5. The van der Waals surface area contributed by atoms with E-state index in [1.54, 1.807) is 88.3 Å². The fourth-order valence-electron chi connectivity index (χ4n) is 6.03. The van der Waals surface area contributed by atoms with E-state index in [9.17, 15) is 38.4 Å². The summed E-state index contributed by atoms with van der Waals surface area (Å²) in [6, 6.07) is 0.419. The number of aryl methyl sites for hydroxylation is 1. The van der Waals surface area contributed by atoms with Crippen LogP contribution in [-0.2, 0) is 47.8 Å². The van der Waals surface area contributed by atoms with E-state index in [0.29, 0.717) is 17.4 Å². The van der Waals surface area contributed by atoms with Gasteiger partial charge in [-0.25, -0.2) is 4.79 Å². The monoisotopic (exact) mass is 843 g/mol. The van der Waals surface area contributed by atoms with Gasteiger partial charge in [0.15, 0.2) is 0 Å². The van der Waals surface area contributed by atoms with E-state index in [2.05, 4.69) is 26.6 Å². The highest BCUT2D eigenvalue weighted by molar-refractivity contribution is 6.02. The molecule has 6 atom stereocenters. The van der Waals surface area contributed by atoms with Crippen LogP contribution in [0.25, 0.3) is 11.0 Å². The Bertz CT molecular complexity index is 1940. The molecule has 0 aliphatic rings. The SMILES string of the molecule is CC[C@H](C)[C@H](NC(C)=O)C(=O)N[C@@H](CCC(=O)OC(C)(C)C)C(=O)N[C@H](C(=O)N[C@@H](CC(=O)OC(C)(C)C)C(=O)Nc1ccc2c(C)cc(=O)oc2c1)[C@@H](C)OC(C)(C)C. The Morgan fingerprint density at radius 1 is 0.700 bits per heavy atom. The highest BCUT2D eigenvalue weighted by Crippen LogP contribution is 2.22. The summed E-state index contributed by atoms with van der Waals surface area (Å²) in [7, 11) is 0. The van der Waals surface area contributed by atoms with Crippen LogP contribution in [0.5, 0.6) is 0 Å². The van der Waals surface area contributed by atoms with Gasteiger partial charge in [0.2, 0.25) is 29.5 Å². The minimum atomic E-state index is -1.56. The third-order valence-corrected chi connectivity index (χ3v) is 8.78. The van der Waals surface area contributed by atoms with Crippen LogP contribution >= 0.6 is 0 Å². The molecular weight excluding hydrogens is 778 g/mol. The number of carbonyl (C=O) groups excluding carboxylic acids is 7. The predicted molar refractivity (Wildman–Crippen MR) is 225 cm³/mol. The third-order valence-electron chi connectivity index (χ3n) is 8.78. The number of hydrogen-bond donors (Lipinski definition) is 5. The first kappa shape index (κ1) is 50.8. The average Bonchev–Trinajstić information content (AvgIpc) is 3.07. The van der Waals surface area contributed by atoms with Gasteiger partial charge in [-0.2, -0.15) is 0 Å². The first-order valence-corrected chi connectivity index (χ1v) is 20.1. The van der Waals surface area contributed by atoms with Gasteiger partial charge in [-0.3, -0.25) is 33.6 Å². The van der Waals surface area contributed by atoms with Crippen molar-refractivity contribution in [3.63, 3.8) is 0 Å². The zero-order valence-electron chi connectivity index (χ0n) is 37.5. The Kier molecular flexibility index (Phi) is 18.0. The minimum Gasteiger partial charge on any atom is -0.460 e. The van der Waals surface area contributed by atoms with Gasteiger partial charge in [0.25, 0.3) is 0 Å². The second-order valence-electron chi connectivity index (χ2n) is 18.0. The first-order chi connectivity index (χ1) is 27.5. The largest absolute Gasteiger partial charge is 0.460 e. The molecule has 0 spiro atoms. The van der Waals surface area contributed by atoms with Crippen molar-refractivity contribution in [1.82, 2.24) is 21.3 Å². The summed E-state index contributed by atoms with van der Waals surface area (Å²) in [5, 5.41) is 13.7. The van der Waals surface area contributed by atoms with Crippen LogP contribution in [0.1, 0.15) is 121 Å². The van der Waals surface area contributed by atoms with Gasteiger partial charge in [0.05, 0.1) is 18.1 Å². The Morgan fingerprint density at radius 2 is 1.27 bits per heavy atom. The lowest BCUT2D eigenvalue weighted by Gasteiger charge is -2.33. The molecule has 1 heterocycles. The summed E-state index contributed by atoms with van der Waals surface area (Å²) in [6.07, 6.45) is -1.74. The summed E-state index contributed by atoms with van der Waals surface area (Å²) >= 11 is 0. The maximum atomic E-state index is 14.3. The van der Waals surface area contributed by atoms with Gasteiger partial charge in [-0.05, 0) is 106 Å². The standard InChI is InChI=1S/C43H65N5O12/c1-15-23(2)35(44-26(5)49)39(55)46-29(18-19-32(50)59-42(9,10)11)37(53)48-36(25(4)58-41(6,7)8)40(56)47-30(22-34(52)60-43(12,13)14)38(54)45-27-16-17-28-24(3)20-33(51)57-31(28)21-27/h16-17,20-21,23,25,29-30,35-36H,15,18-19,22H2,1-14H3,(H,44,49)(H,45,54)(H,46,55)(H,47,56)(H,48,53)/t23-,25+,29-,30-,35-,36-/m0/s1. The number of benzene rings is 1. The molecule has 5 N–H and O–H groups in total. The summed E-state index contributed by atoms with van der Waals surface area (Å²) in [5.41, 5.74) is -2.16. The predicted octanol–water partition coefficient (Wildman–Crippen LogP) is 4.10. The molecule has 17 heteroatoms. The highest BCUT2D eigenvalue weighted by Gasteiger charge is 2.37. The molecule has 0 aliphatic carbocycles. The smallest absolute Gasteiger partial charge is 0.336 e. The van der Waals surface area contributed by atoms with Gasteiger partial charge >= 0.3 is 17.6 Å². The Labute approximate surface area is 352 Å². The van der Waals surface area contributed by atoms with Crippen LogP contribution in [0.2, 0.25) is 0 Å². The lowest BCUT2D eigenvalue weighted by Crippen LogP contribution is -2.61. The lowest BCUT2D eigenvalue weighted by atomic mass is 9.97. The quantitative estimate of drug-likeness (QED) is 0.105. The van der Waals surface area contributed by atoms with Crippen molar-refractivity contribution in [3.05, 3.63) is 40.2 Å². The molecule has 5 amide bonds. The van der Waals surface area contributed by atoms with Crippen molar-refractivity contribution >= 4 is 58.1 Å². The van der Waals surface area contributed by atoms with Crippen LogP contribution in [0, 0.1) is 12.8 Å². The molecule has 334 valence electrons. The van der Waals surface area contributed by atoms with Crippen LogP contribution in [-0.4, -0.2) is 88.5 Å². The molecule has 2 aromatic rings. The van der Waals surface area contributed by atoms with Crippen LogP contribution in [0.4, 0.5) is 5.69 Å². The number of nitrogens with one attached hydrogen (secondary N) is 5. The second-order valence-corrected chi connectivity index (χ2v) is 18.0. The number of esters is 2. The maximum absolute atomic E-state index is 14.3. The van der Waals surface area contributed by atoms with Crippen LogP contribution in [0.15, 0.2) is 33.5 Å². The second kappa shape index (κ2) is 21.3. The number of carbonyl (C=O) groups is 7. The maximum Gasteiger partial charge on any atom is 0.336 e. The highest BCUT2D eigenvalue weighted by atomic mass is 16.6. The van der Waals surface area contributed by atoms with E-state index in [-0.39, 0.29) is 30.0 Å². The van der Waals surface area contributed by atoms with Gasteiger partial charge in [0.1, 0.15) is 41.0 Å². The van der Waals surface area contributed by atoms with E-state index in [1.165, 1.54) is 26.0 Å². The summed E-state index contributed by atoms with van der Waals surface area (Å²) in [6.45, 7) is 23.2. The Hall–Kier alpha value is -5.32. The van der Waals surface area contributed by atoms with Crippen molar-refractivity contribution in [2.75, 3.05) is 5.32 Å². The Balaban J connectivity index is 2.56. The fourth-order valence-corrected chi connectivity index (χ4v) is 6.03. The molecule has 0 unspecified atom stereocenters. The number of rotatable bonds is 18. The van der Waals surface area contributed by atoms with Crippen LogP contribution < -0.4 is 32.2 Å². The van der Waals surface area contributed by atoms with Crippen LogP contribution in [0.3, 0.4) is 0 Å². The molecule has 60 heavy (non-hydrogen) atoms. The van der Waals surface area contributed by atoms with E-state index in [0.717, 1.165) is 0 Å². The average molecular weight is 844 g/mol. The minimum absolute atomic E-state index is 0.192. The summed E-state index contributed by atoms with van der Waals surface area (Å²) in [5.74, 6) is -5.62. The summed E-state index contributed by atoms with van der Waals surface area (Å²) in [4.78, 5) is 106. The fraction of sp³-hybridized carbons (Fsp3) is 0.628. The normalized spacial score (nSPS) is 15.0. The number of hydrogen-bond acceptors (Lipinski definition) is 12. The van der Waals surface area contributed by atoms with E-state index < -0.39 is 101 Å². The van der Waals surface area contributed by atoms with E-state index >= 15 is 0 Å². The molecule has 0 radical (unpaired) electrons. The molecular formula is C43H65N5O12. The van der Waals surface area contributed by atoms with Gasteiger partial charge in [-0.1, -0.05) is 20.3 Å². The third kappa shape index (κ3) is 17.5. The molecule has 1 aromatic heterocycles. The van der Waals surface area contributed by atoms with E-state index in [1.807, 2.05) is 6.92 Å². The number of fused-ring (bicyclic) bond motifs is 1. The molecule has 2 rings (SSSR count). The van der Waals surface area contributed by atoms with Crippen molar-refractivity contribution < 1.29 is 52.2 Å².